The van der Waals surface area contributed by atoms with Gasteiger partial charge in [-0.05, 0) is 49.7 Å². The van der Waals surface area contributed by atoms with Gasteiger partial charge in [-0.3, -0.25) is 19.8 Å². The van der Waals surface area contributed by atoms with Gasteiger partial charge in [0.2, 0.25) is 5.91 Å². The van der Waals surface area contributed by atoms with Crippen molar-refractivity contribution in [2.45, 2.75) is 26.0 Å². The van der Waals surface area contributed by atoms with Gasteiger partial charge in [0.15, 0.2) is 0 Å². The minimum atomic E-state index is -1.10. The standard InChI is InChI=1S/C23H24N4O4/c1-14-12-15(18-4-2-3-5-20(18)26-14)13-31-17-8-6-16(7-9-17)27(30)23(29)21(24)19-10-11-25-22(19)28/h2-9,12,19,21,30H,10-11,13,24H2,1H3,(H,25,28). The number of hydrogen-bond donors (Lipinski definition) is 3. The van der Waals surface area contributed by atoms with Gasteiger partial charge in [-0.1, -0.05) is 18.2 Å². The molecule has 0 saturated carbocycles. The first-order chi connectivity index (χ1) is 14.9. The summed E-state index contributed by atoms with van der Waals surface area (Å²) in [5.74, 6) is -1.04. The number of carbonyl (C=O) groups is 2. The van der Waals surface area contributed by atoms with E-state index in [0.29, 0.717) is 30.4 Å². The van der Waals surface area contributed by atoms with E-state index in [4.69, 9.17) is 10.5 Å². The molecule has 2 amide bonds. The quantitative estimate of drug-likeness (QED) is 0.416. The van der Waals surface area contributed by atoms with E-state index in [1.807, 2.05) is 37.3 Å². The smallest absolute Gasteiger partial charge is 0.268 e. The third kappa shape index (κ3) is 4.35. The lowest BCUT2D eigenvalue weighted by atomic mass is 9.98. The highest BCUT2D eigenvalue weighted by Gasteiger charge is 2.36. The maximum atomic E-state index is 12.5. The van der Waals surface area contributed by atoms with Gasteiger partial charge in [0.1, 0.15) is 12.4 Å². The van der Waals surface area contributed by atoms with Gasteiger partial charge >= 0.3 is 0 Å². The van der Waals surface area contributed by atoms with Gasteiger partial charge < -0.3 is 15.8 Å². The minimum absolute atomic E-state index is 0.247. The van der Waals surface area contributed by atoms with E-state index in [-0.39, 0.29) is 11.6 Å². The highest BCUT2D eigenvalue weighted by Crippen LogP contribution is 2.24. The van der Waals surface area contributed by atoms with Crippen LogP contribution in [-0.4, -0.2) is 34.6 Å². The molecular weight excluding hydrogens is 396 g/mol. The number of para-hydroxylation sites is 1. The Kier molecular flexibility index (Phi) is 5.83. The topological polar surface area (TPSA) is 118 Å². The van der Waals surface area contributed by atoms with Crippen molar-refractivity contribution in [3.05, 3.63) is 65.9 Å². The first-order valence-electron chi connectivity index (χ1n) is 10.1. The number of nitrogens with zero attached hydrogens (tertiary/aromatic N) is 2. The molecule has 8 nitrogen and oxygen atoms in total. The van der Waals surface area contributed by atoms with E-state index in [9.17, 15) is 14.8 Å². The number of hydroxylamine groups is 1. The second kappa shape index (κ2) is 8.71. The van der Waals surface area contributed by atoms with Crippen molar-refractivity contribution >= 4 is 28.4 Å². The number of carbonyl (C=O) groups excluding carboxylic acids is 2. The fourth-order valence-corrected chi connectivity index (χ4v) is 3.76. The second-order valence-corrected chi connectivity index (χ2v) is 7.58. The predicted octanol–water partition coefficient (Wildman–Crippen LogP) is 2.31. The SMILES string of the molecule is Cc1cc(COc2ccc(N(O)C(=O)C(N)C3CCNC3=O)cc2)c2ccccc2n1. The van der Waals surface area contributed by atoms with E-state index in [2.05, 4.69) is 10.3 Å². The van der Waals surface area contributed by atoms with Crippen LogP contribution in [0.3, 0.4) is 0 Å². The summed E-state index contributed by atoms with van der Waals surface area (Å²) < 4.78 is 5.90. The number of nitrogens with one attached hydrogen (secondary N) is 1. The molecule has 2 unspecified atom stereocenters. The monoisotopic (exact) mass is 420 g/mol. The largest absolute Gasteiger partial charge is 0.489 e. The van der Waals surface area contributed by atoms with Crippen molar-refractivity contribution in [3.63, 3.8) is 0 Å². The van der Waals surface area contributed by atoms with Crippen LogP contribution in [0.2, 0.25) is 0 Å². The van der Waals surface area contributed by atoms with Gasteiger partial charge in [0.25, 0.3) is 5.91 Å². The van der Waals surface area contributed by atoms with Crippen LogP contribution in [-0.2, 0) is 16.2 Å². The molecule has 4 N–H and O–H groups in total. The van der Waals surface area contributed by atoms with Crippen molar-refractivity contribution in [1.29, 1.82) is 0 Å². The number of rotatable bonds is 6. The molecule has 160 valence electrons. The molecule has 1 aromatic heterocycles. The van der Waals surface area contributed by atoms with Crippen LogP contribution < -0.4 is 20.9 Å². The number of amides is 2. The maximum Gasteiger partial charge on any atom is 0.268 e. The molecule has 1 aliphatic heterocycles. The van der Waals surface area contributed by atoms with Crippen molar-refractivity contribution in [2.75, 3.05) is 11.6 Å². The molecule has 0 bridgehead atoms. The zero-order valence-electron chi connectivity index (χ0n) is 17.1. The van der Waals surface area contributed by atoms with Crippen LogP contribution in [0.1, 0.15) is 17.7 Å². The van der Waals surface area contributed by atoms with Crippen LogP contribution >= 0.6 is 0 Å². The number of anilines is 1. The summed E-state index contributed by atoms with van der Waals surface area (Å²) in [6, 6.07) is 15.2. The Labute approximate surface area is 179 Å². The van der Waals surface area contributed by atoms with Crippen LogP contribution in [0.4, 0.5) is 5.69 Å². The molecule has 0 spiro atoms. The second-order valence-electron chi connectivity index (χ2n) is 7.58. The van der Waals surface area contributed by atoms with E-state index in [1.54, 1.807) is 24.3 Å². The zero-order chi connectivity index (χ0) is 22.0. The van der Waals surface area contributed by atoms with Crippen molar-refractivity contribution in [3.8, 4) is 5.75 Å². The van der Waals surface area contributed by atoms with Crippen LogP contribution in [0.5, 0.6) is 5.75 Å². The molecule has 0 aliphatic carbocycles. The van der Waals surface area contributed by atoms with E-state index in [1.165, 1.54) is 0 Å². The number of aryl methyl sites for hydroxylation is 1. The van der Waals surface area contributed by atoms with E-state index >= 15 is 0 Å². The summed E-state index contributed by atoms with van der Waals surface area (Å²) in [6.45, 7) is 2.78. The summed E-state index contributed by atoms with van der Waals surface area (Å²) in [4.78, 5) is 28.7. The molecule has 4 rings (SSSR count). The van der Waals surface area contributed by atoms with E-state index < -0.39 is 17.9 Å². The molecule has 2 atom stereocenters. The number of fused-ring (bicyclic) bond motifs is 1. The van der Waals surface area contributed by atoms with E-state index in [0.717, 1.165) is 22.2 Å². The van der Waals surface area contributed by atoms with Gasteiger partial charge in [0, 0.05) is 23.2 Å². The number of aromatic nitrogens is 1. The Hall–Kier alpha value is -3.49. The Morgan fingerprint density at radius 1 is 1.29 bits per heavy atom. The van der Waals surface area contributed by atoms with Gasteiger partial charge in [-0.2, -0.15) is 5.06 Å². The molecular formula is C23H24N4O4. The molecule has 2 aromatic carbocycles. The first kappa shape index (κ1) is 20.8. The third-order valence-corrected chi connectivity index (χ3v) is 5.42. The highest BCUT2D eigenvalue weighted by atomic mass is 16.5. The molecule has 1 aliphatic rings. The maximum absolute atomic E-state index is 12.5. The van der Waals surface area contributed by atoms with Crippen molar-refractivity contribution in [2.24, 2.45) is 11.7 Å². The van der Waals surface area contributed by atoms with Crippen LogP contribution in [0.25, 0.3) is 10.9 Å². The van der Waals surface area contributed by atoms with Crippen molar-refractivity contribution < 1.29 is 19.5 Å². The average molecular weight is 420 g/mol. The molecule has 2 heterocycles. The lowest BCUT2D eigenvalue weighted by molar-refractivity contribution is -0.131. The summed E-state index contributed by atoms with van der Waals surface area (Å²) in [6.07, 6.45) is 0.468. The third-order valence-electron chi connectivity index (χ3n) is 5.42. The lowest BCUT2D eigenvalue weighted by Crippen LogP contribution is -2.48. The minimum Gasteiger partial charge on any atom is -0.489 e. The molecule has 3 aromatic rings. The predicted molar refractivity (Wildman–Crippen MR) is 116 cm³/mol. The van der Waals surface area contributed by atoms with Crippen LogP contribution in [0, 0.1) is 12.8 Å². The molecule has 31 heavy (non-hydrogen) atoms. The summed E-state index contributed by atoms with van der Waals surface area (Å²) in [5, 5.41) is 14.4. The normalized spacial score (nSPS) is 16.7. The number of benzene rings is 2. The average Bonchev–Trinajstić information content (AvgIpc) is 3.22. The first-order valence-corrected chi connectivity index (χ1v) is 10.1. The number of pyridine rings is 1. The Balaban J connectivity index is 1.43. The van der Waals surface area contributed by atoms with Gasteiger partial charge in [-0.15, -0.1) is 0 Å². The van der Waals surface area contributed by atoms with Crippen LogP contribution in [0.15, 0.2) is 54.6 Å². The summed E-state index contributed by atoms with van der Waals surface area (Å²) in [5.41, 5.74) is 9.00. The summed E-state index contributed by atoms with van der Waals surface area (Å²) >= 11 is 0. The molecule has 0 radical (unpaired) electrons. The Morgan fingerprint density at radius 2 is 2.03 bits per heavy atom. The molecule has 1 fully saturated rings. The zero-order valence-corrected chi connectivity index (χ0v) is 17.1. The Morgan fingerprint density at radius 3 is 2.74 bits per heavy atom. The Bertz CT molecular complexity index is 1120. The fraction of sp³-hybridized carbons (Fsp3) is 0.261. The van der Waals surface area contributed by atoms with Gasteiger partial charge in [0.05, 0.1) is 23.2 Å². The van der Waals surface area contributed by atoms with Gasteiger partial charge in [-0.25, -0.2) is 0 Å². The fourth-order valence-electron chi connectivity index (χ4n) is 3.76. The highest BCUT2D eigenvalue weighted by molar-refractivity contribution is 5.99. The summed E-state index contributed by atoms with van der Waals surface area (Å²) in [7, 11) is 0. The number of ether oxygens (including phenoxy) is 1. The molecule has 8 heteroatoms. The number of hydrogen-bond acceptors (Lipinski definition) is 6. The lowest BCUT2D eigenvalue weighted by Gasteiger charge is -2.22. The van der Waals surface area contributed by atoms with Crippen molar-refractivity contribution in [1.82, 2.24) is 10.3 Å². The number of nitrogens with two attached hydrogens (primary N) is 1. The molecule has 1 saturated heterocycles.